The standard InChI is InChI=1S/C17H27N3O/c1-12-11-13(5-6-15(12)19-18)16(21)20-9-7-14(8-10-20)17(2,3)4/h5-6,11,14,19H,7-10,18H2,1-4H3. The molecule has 1 aromatic rings. The molecule has 1 saturated heterocycles. The molecule has 21 heavy (non-hydrogen) atoms. The van der Waals surface area contributed by atoms with Crippen LogP contribution in [0.4, 0.5) is 5.69 Å². The van der Waals surface area contributed by atoms with Crippen LogP contribution in [0.15, 0.2) is 18.2 Å². The quantitative estimate of drug-likeness (QED) is 0.649. The fraction of sp³-hybridized carbons (Fsp3) is 0.588. The number of nitrogens with one attached hydrogen (secondary N) is 1. The van der Waals surface area contributed by atoms with Gasteiger partial charge in [-0.05, 0) is 54.9 Å². The van der Waals surface area contributed by atoms with Gasteiger partial charge in [-0.1, -0.05) is 20.8 Å². The molecule has 0 radical (unpaired) electrons. The van der Waals surface area contributed by atoms with Crippen molar-refractivity contribution in [1.82, 2.24) is 4.90 Å². The fourth-order valence-electron chi connectivity index (χ4n) is 3.09. The van der Waals surface area contributed by atoms with Crippen LogP contribution in [-0.4, -0.2) is 23.9 Å². The predicted octanol–water partition coefficient (Wildman–Crippen LogP) is 3.18. The number of carbonyl (C=O) groups excluding carboxylic acids is 1. The molecule has 4 heteroatoms. The van der Waals surface area contributed by atoms with E-state index >= 15 is 0 Å². The minimum absolute atomic E-state index is 0.133. The van der Waals surface area contributed by atoms with Crippen molar-refractivity contribution in [3.8, 4) is 0 Å². The lowest BCUT2D eigenvalue weighted by atomic mass is 9.75. The average Bonchev–Trinajstić information content (AvgIpc) is 2.45. The molecule has 116 valence electrons. The number of hydrazine groups is 1. The molecule has 1 amide bonds. The summed E-state index contributed by atoms with van der Waals surface area (Å²) in [6, 6.07) is 5.62. The Kier molecular flexibility index (Phi) is 4.57. The summed E-state index contributed by atoms with van der Waals surface area (Å²) in [5.74, 6) is 6.26. The van der Waals surface area contributed by atoms with Crippen molar-refractivity contribution < 1.29 is 4.79 Å². The maximum Gasteiger partial charge on any atom is 0.253 e. The first-order chi connectivity index (χ1) is 9.82. The molecule has 2 rings (SSSR count). The lowest BCUT2D eigenvalue weighted by Gasteiger charge is -2.38. The van der Waals surface area contributed by atoms with Gasteiger partial charge in [-0.2, -0.15) is 0 Å². The number of hydrogen-bond donors (Lipinski definition) is 2. The van der Waals surface area contributed by atoms with Crippen LogP contribution in [0.2, 0.25) is 0 Å². The zero-order chi connectivity index (χ0) is 15.6. The summed E-state index contributed by atoms with van der Waals surface area (Å²) in [7, 11) is 0. The van der Waals surface area contributed by atoms with Crippen molar-refractivity contribution >= 4 is 11.6 Å². The number of nitrogens with two attached hydrogens (primary N) is 1. The van der Waals surface area contributed by atoms with E-state index in [2.05, 4.69) is 26.2 Å². The Morgan fingerprint density at radius 1 is 1.29 bits per heavy atom. The van der Waals surface area contributed by atoms with Gasteiger partial charge in [0, 0.05) is 18.7 Å². The van der Waals surface area contributed by atoms with Gasteiger partial charge in [0.25, 0.3) is 5.91 Å². The largest absolute Gasteiger partial charge is 0.339 e. The zero-order valence-corrected chi connectivity index (χ0v) is 13.6. The summed E-state index contributed by atoms with van der Waals surface area (Å²) in [4.78, 5) is 14.6. The molecule has 0 saturated carbocycles. The second-order valence-electron chi connectivity index (χ2n) is 7.11. The van der Waals surface area contributed by atoms with Crippen molar-refractivity contribution in [3.63, 3.8) is 0 Å². The predicted molar refractivity (Wildman–Crippen MR) is 87.1 cm³/mol. The van der Waals surface area contributed by atoms with Crippen LogP contribution < -0.4 is 11.3 Å². The van der Waals surface area contributed by atoms with Gasteiger partial charge >= 0.3 is 0 Å². The summed E-state index contributed by atoms with van der Waals surface area (Å²) in [5, 5.41) is 0. The van der Waals surface area contributed by atoms with Crippen molar-refractivity contribution in [2.45, 2.75) is 40.5 Å². The molecule has 3 N–H and O–H groups in total. The first-order valence-electron chi connectivity index (χ1n) is 7.69. The molecule has 1 aliphatic rings. The summed E-state index contributed by atoms with van der Waals surface area (Å²) in [6.07, 6.45) is 2.19. The molecular formula is C17H27N3O. The van der Waals surface area contributed by atoms with Gasteiger partial charge in [0.05, 0.1) is 5.69 Å². The molecule has 0 bridgehead atoms. The molecule has 0 aliphatic carbocycles. The van der Waals surface area contributed by atoms with Gasteiger partial charge in [0.15, 0.2) is 0 Å². The maximum absolute atomic E-state index is 12.6. The fourth-order valence-corrected chi connectivity index (χ4v) is 3.09. The number of benzene rings is 1. The third-order valence-corrected chi connectivity index (χ3v) is 4.64. The molecule has 0 aromatic heterocycles. The Balaban J connectivity index is 2.04. The van der Waals surface area contributed by atoms with Crippen LogP contribution in [0.25, 0.3) is 0 Å². The molecule has 1 aromatic carbocycles. The van der Waals surface area contributed by atoms with Crippen molar-refractivity contribution in [3.05, 3.63) is 29.3 Å². The number of rotatable bonds is 2. The molecule has 0 spiro atoms. The van der Waals surface area contributed by atoms with Crippen LogP contribution in [0.1, 0.15) is 49.5 Å². The Morgan fingerprint density at radius 2 is 1.90 bits per heavy atom. The number of hydrogen-bond acceptors (Lipinski definition) is 3. The summed E-state index contributed by atoms with van der Waals surface area (Å²) in [5.41, 5.74) is 5.58. The third-order valence-electron chi connectivity index (χ3n) is 4.64. The van der Waals surface area contributed by atoms with E-state index in [-0.39, 0.29) is 5.91 Å². The van der Waals surface area contributed by atoms with Crippen molar-refractivity contribution in [2.24, 2.45) is 17.2 Å². The second kappa shape index (κ2) is 6.06. The van der Waals surface area contributed by atoms with E-state index in [0.29, 0.717) is 11.3 Å². The van der Waals surface area contributed by atoms with E-state index < -0.39 is 0 Å². The van der Waals surface area contributed by atoms with Gasteiger partial charge in [0.1, 0.15) is 0 Å². The van der Waals surface area contributed by atoms with Gasteiger partial charge in [0.2, 0.25) is 0 Å². The molecule has 0 atom stereocenters. The third kappa shape index (κ3) is 3.56. The second-order valence-corrected chi connectivity index (χ2v) is 7.11. The molecule has 1 heterocycles. The topological polar surface area (TPSA) is 58.4 Å². The van der Waals surface area contributed by atoms with Gasteiger partial charge in [-0.15, -0.1) is 0 Å². The highest BCUT2D eigenvalue weighted by Crippen LogP contribution is 2.34. The summed E-state index contributed by atoms with van der Waals surface area (Å²) in [6.45, 7) is 10.5. The lowest BCUT2D eigenvalue weighted by Crippen LogP contribution is -2.41. The SMILES string of the molecule is Cc1cc(C(=O)N2CCC(C(C)(C)C)CC2)ccc1NN. The monoisotopic (exact) mass is 289 g/mol. The smallest absolute Gasteiger partial charge is 0.253 e. The Morgan fingerprint density at radius 3 is 2.38 bits per heavy atom. The number of likely N-dealkylation sites (tertiary alicyclic amines) is 1. The number of piperidine rings is 1. The first-order valence-corrected chi connectivity index (χ1v) is 7.69. The van der Waals surface area contributed by atoms with Gasteiger partial charge < -0.3 is 10.3 Å². The number of amides is 1. The zero-order valence-electron chi connectivity index (χ0n) is 13.6. The van der Waals surface area contributed by atoms with E-state index in [1.807, 2.05) is 30.0 Å². The number of nitrogens with zero attached hydrogens (tertiary/aromatic N) is 1. The van der Waals surface area contributed by atoms with Crippen molar-refractivity contribution in [1.29, 1.82) is 0 Å². The lowest BCUT2D eigenvalue weighted by molar-refractivity contribution is 0.0608. The van der Waals surface area contributed by atoms with E-state index in [1.165, 1.54) is 0 Å². The highest BCUT2D eigenvalue weighted by Gasteiger charge is 2.30. The van der Waals surface area contributed by atoms with E-state index in [4.69, 9.17) is 5.84 Å². The van der Waals surface area contributed by atoms with Crippen LogP contribution in [0.3, 0.4) is 0 Å². The maximum atomic E-state index is 12.6. The Bertz CT molecular complexity index is 511. The summed E-state index contributed by atoms with van der Waals surface area (Å²) < 4.78 is 0. The molecule has 1 aliphatic heterocycles. The van der Waals surface area contributed by atoms with Gasteiger partial charge in [-0.3, -0.25) is 10.6 Å². The normalized spacial score (nSPS) is 16.9. The molecule has 4 nitrogen and oxygen atoms in total. The molecular weight excluding hydrogens is 262 g/mol. The van der Waals surface area contributed by atoms with E-state index in [0.717, 1.165) is 42.7 Å². The van der Waals surface area contributed by atoms with Crippen LogP contribution >= 0.6 is 0 Å². The molecule has 1 fully saturated rings. The van der Waals surface area contributed by atoms with E-state index in [9.17, 15) is 4.79 Å². The highest BCUT2D eigenvalue weighted by atomic mass is 16.2. The Labute approximate surface area is 127 Å². The van der Waals surface area contributed by atoms with Gasteiger partial charge in [-0.25, -0.2) is 0 Å². The van der Waals surface area contributed by atoms with Crippen LogP contribution in [-0.2, 0) is 0 Å². The minimum atomic E-state index is 0.133. The van der Waals surface area contributed by atoms with Crippen molar-refractivity contribution in [2.75, 3.05) is 18.5 Å². The Hall–Kier alpha value is -1.55. The number of anilines is 1. The van der Waals surface area contributed by atoms with Crippen LogP contribution in [0, 0.1) is 18.3 Å². The summed E-state index contributed by atoms with van der Waals surface area (Å²) >= 11 is 0. The molecule has 0 unspecified atom stereocenters. The van der Waals surface area contributed by atoms with E-state index in [1.54, 1.807) is 0 Å². The van der Waals surface area contributed by atoms with Crippen LogP contribution in [0.5, 0.6) is 0 Å². The highest BCUT2D eigenvalue weighted by molar-refractivity contribution is 5.95. The number of aryl methyl sites for hydroxylation is 1. The first kappa shape index (κ1) is 15.8. The number of carbonyl (C=O) groups is 1. The minimum Gasteiger partial charge on any atom is -0.339 e. The average molecular weight is 289 g/mol. The number of nitrogen functional groups attached to an aromatic ring is 1.